The molecule has 2 aromatic carbocycles. The van der Waals surface area contributed by atoms with E-state index in [4.69, 9.17) is 0 Å². The molecule has 0 saturated carbocycles. The first kappa shape index (κ1) is 9.43. The maximum absolute atomic E-state index is 4.61. The summed E-state index contributed by atoms with van der Waals surface area (Å²) in [4.78, 5) is 0. The van der Waals surface area contributed by atoms with Gasteiger partial charge >= 0.3 is 0 Å². The van der Waals surface area contributed by atoms with Gasteiger partial charge in [-0.15, -0.1) is 0 Å². The molecule has 0 radical (unpaired) electrons. The lowest BCUT2D eigenvalue weighted by Crippen LogP contribution is -1.90. The molecule has 0 heterocycles. The molecule has 0 fully saturated rings. The van der Waals surface area contributed by atoms with E-state index in [9.17, 15) is 0 Å². The van der Waals surface area contributed by atoms with Crippen LogP contribution in [-0.4, -0.2) is 0 Å². The molecule has 0 atom stereocenters. The van der Waals surface area contributed by atoms with Gasteiger partial charge in [0.15, 0.2) is 0 Å². The molecular weight excluding hydrogens is 187 g/mol. The summed E-state index contributed by atoms with van der Waals surface area (Å²) in [6, 6.07) is 20.6. The second kappa shape index (κ2) is 4.39. The zero-order valence-electron chi connectivity index (χ0n) is 7.80. The van der Waals surface area contributed by atoms with Crippen molar-refractivity contribution in [3.05, 3.63) is 71.8 Å². The standard InChI is InChI=1S/C13H11P/c14-13(11-7-3-1-4-8-11)12-9-5-2-6-10-12/h1-10,13H/q-2. The van der Waals surface area contributed by atoms with Gasteiger partial charge in [-0.2, -0.15) is 0 Å². The van der Waals surface area contributed by atoms with Crippen LogP contribution >= 0.6 is 9.24 Å². The SMILES string of the molecule is [P-2]C(c1ccccc1)c1ccccc1. The summed E-state index contributed by atoms with van der Waals surface area (Å²) in [5.74, 6) is 0. The van der Waals surface area contributed by atoms with Crippen LogP contribution in [-0.2, 0) is 0 Å². The summed E-state index contributed by atoms with van der Waals surface area (Å²) in [5, 5.41) is 0. The molecule has 2 rings (SSSR count). The van der Waals surface area contributed by atoms with E-state index >= 15 is 0 Å². The average molecular weight is 198 g/mol. The first-order valence-corrected chi connectivity index (χ1v) is 5.17. The molecule has 0 aliphatic heterocycles. The average Bonchev–Trinajstić information content (AvgIpc) is 2.30. The van der Waals surface area contributed by atoms with Gasteiger partial charge < -0.3 is 14.9 Å². The van der Waals surface area contributed by atoms with Crippen molar-refractivity contribution in [2.24, 2.45) is 0 Å². The van der Waals surface area contributed by atoms with Gasteiger partial charge in [0.05, 0.1) is 0 Å². The second-order valence-corrected chi connectivity index (χ2v) is 3.74. The Hall–Kier alpha value is -1.13. The van der Waals surface area contributed by atoms with Gasteiger partial charge in [0.1, 0.15) is 0 Å². The minimum absolute atomic E-state index is 0.178. The Morgan fingerprint density at radius 1 is 0.643 bits per heavy atom. The molecule has 0 nitrogen and oxygen atoms in total. The Labute approximate surface area is 87.2 Å². The largest absolute Gasteiger partial charge is 1.48 e. The Bertz CT molecular complexity index is 341. The highest BCUT2D eigenvalue weighted by atomic mass is 31.0. The molecule has 0 bridgehead atoms. The molecule has 0 aliphatic rings. The van der Waals surface area contributed by atoms with Gasteiger partial charge in [0, 0.05) is 0 Å². The summed E-state index contributed by atoms with van der Waals surface area (Å²) in [6.07, 6.45) is 0. The molecule has 0 aliphatic carbocycles. The van der Waals surface area contributed by atoms with E-state index < -0.39 is 0 Å². The molecule has 70 valence electrons. The maximum Gasteiger partial charge on any atom is -0.0621 e. The van der Waals surface area contributed by atoms with Crippen molar-refractivity contribution in [2.75, 3.05) is 0 Å². The zero-order valence-corrected chi connectivity index (χ0v) is 8.69. The molecule has 14 heavy (non-hydrogen) atoms. The maximum atomic E-state index is 4.61. The van der Waals surface area contributed by atoms with Crippen molar-refractivity contribution in [3.63, 3.8) is 0 Å². The fraction of sp³-hybridized carbons (Fsp3) is 0.0769. The van der Waals surface area contributed by atoms with Crippen LogP contribution in [0.25, 0.3) is 0 Å². The fourth-order valence-corrected chi connectivity index (χ4v) is 1.81. The van der Waals surface area contributed by atoms with Crippen LogP contribution in [0.2, 0.25) is 0 Å². The monoisotopic (exact) mass is 198 g/mol. The zero-order chi connectivity index (χ0) is 9.80. The van der Waals surface area contributed by atoms with Gasteiger partial charge in [-0.1, -0.05) is 71.8 Å². The van der Waals surface area contributed by atoms with Crippen LogP contribution in [0.1, 0.15) is 16.8 Å². The Balaban J connectivity index is 2.30. The summed E-state index contributed by atoms with van der Waals surface area (Å²) >= 11 is 0. The Kier molecular flexibility index (Phi) is 2.96. The van der Waals surface area contributed by atoms with E-state index in [1.54, 1.807) is 0 Å². The summed E-state index contributed by atoms with van der Waals surface area (Å²) < 4.78 is 0. The topological polar surface area (TPSA) is 0 Å². The lowest BCUT2D eigenvalue weighted by Gasteiger charge is -2.47. The van der Waals surface area contributed by atoms with Crippen LogP contribution in [0, 0.1) is 0 Å². The van der Waals surface area contributed by atoms with Gasteiger partial charge in [-0.3, -0.25) is 0 Å². The van der Waals surface area contributed by atoms with Gasteiger partial charge in [-0.05, 0) is 0 Å². The minimum atomic E-state index is 0.178. The van der Waals surface area contributed by atoms with Crippen LogP contribution in [0.4, 0.5) is 0 Å². The number of benzene rings is 2. The highest BCUT2D eigenvalue weighted by Gasteiger charge is 1.90. The van der Waals surface area contributed by atoms with E-state index in [1.165, 1.54) is 11.1 Å². The molecule has 0 amide bonds. The first-order chi connectivity index (χ1) is 6.88. The number of hydrogen-bond donors (Lipinski definition) is 0. The molecule has 2 aromatic rings. The van der Waals surface area contributed by atoms with E-state index in [2.05, 4.69) is 33.5 Å². The van der Waals surface area contributed by atoms with Gasteiger partial charge in [-0.25, -0.2) is 0 Å². The van der Waals surface area contributed by atoms with Crippen LogP contribution in [0.3, 0.4) is 0 Å². The molecule has 0 saturated heterocycles. The quantitative estimate of drug-likeness (QED) is 0.635. The molecule has 1 heteroatoms. The van der Waals surface area contributed by atoms with Crippen molar-refractivity contribution >= 4 is 9.24 Å². The fourth-order valence-electron chi connectivity index (χ4n) is 1.46. The lowest BCUT2D eigenvalue weighted by atomic mass is 10.0. The Morgan fingerprint density at radius 3 is 1.36 bits per heavy atom. The summed E-state index contributed by atoms with van der Waals surface area (Å²) in [5.41, 5.74) is 2.65. The minimum Gasteiger partial charge on any atom is -1.48 e. The summed E-state index contributed by atoms with van der Waals surface area (Å²) in [7, 11) is 4.61. The molecule has 0 N–H and O–H groups in total. The van der Waals surface area contributed by atoms with Gasteiger partial charge in [0.25, 0.3) is 0 Å². The number of hydrogen-bond acceptors (Lipinski definition) is 0. The third-order valence-electron chi connectivity index (χ3n) is 2.23. The Morgan fingerprint density at radius 2 is 1.00 bits per heavy atom. The van der Waals surface area contributed by atoms with Crippen LogP contribution in [0.5, 0.6) is 0 Å². The second-order valence-electron chi connectivity index (χ2n) is 3.22. The highest BCUT2D eigenvalue weighted by Crippen LogP contribution is 2.30. The van der Waals surface area contributed by atoms with E-state index in [-0.39, 0.29) is 5.66 Å². The highest BCUT2D eigenvalue weighted by molar-refractivity contribution is 7.17. The van der Waals surface area contributed by atoms with Crippen molar-refractivity contribution < 1.29 is 0 Å². The normalized spacial score (nSPS) is 10.4. The van der Waals surface area contributed by atoms with Crippen molar-refractivity contribution in [2.45, 2.75) is 5.66 Å². The molecular formula is C13H11P-2. The van der Waals surface area contributed by atoms with Crippen molar-refractivity contribution in [1.29, 1.82) is 0 Å². The van der Waals surface area contributed by atoms with E-state index in [0.717, 1.165) is 0 Å². The third kappa shape index (κ3) is 2.02. The lowest BCUT2D eigenvalue weighted by molar-refractivity contribution is 1.16. The van der Waals surface area contributed by atoms with Crippen molar-refractivity contribution in [1.82, 2.24) is 0 Å². The number of rotatable bonds is 2. The van der Waals surface area contributed by atoms with Crippen LogP contribution in [0.15, 0.2) is 60.7 Å². The predicted molar refractivity (Wildman–Crippen MR) is 61.6 cm³/mol. The molecule has 0 unspecified atom stereocenters. The molecule has 0 spiro atoms. The van der Waals surface area contributed by atoms with Crippen molar-refractivity contribution in [3.8, 4) is 0 Å². The van der Waals surface area contributed by atoms with E-state index in [1.807, 2.05) is 36.4 Å². The van der Waals surface area contributed by atoms with Gasteiger partial charge in [0.2, 0.25) is 0 Å². The van der Waals surface area contributed by atoms with E-state index in [0.29, 0.717) is 0 Å². The summed E-state index contributed by atoms with van der Waals surface area (Å²) in [6.45, 7) is 0. The predicted octanol–water partition coefficient (Wildman–Crippen LogP) is 4.19. The van der Waals surface area contributed by atoms with Crippen LogP contribution < -0.4 is 0 Å². The first-order valence-electron chi connectivity index (χ1n) is 4.66. The smallest absolute Gasteiger partial charge is 0.0621 e. The molecule has 0 aromatic heterocycles. The third-order valence-corrected chi connectivity index (χ3v) is 2.83.